The molecule has 0 unspecified atom stereocenters. The van der Waals surface area contributed by atoms with Crippen LogP contribution in [0.1, 0.15) is 23.2 Å². The summed E-state index contributed by atoms with van der Waals surface area (Å²) in [6, 6.07) is 14.8. The Hall–Kier alpha value is -2.94. The second-order valence-electron chi connectivity index (χ2n) is 6.99. The number of anilines is 1. The molecule has 0 bridgehead atoms. The molecule has 2 amide bonds. The van der Waals surface area contributed by atoms with Gasteiger partial charge in [0.25, 0.3) is 11.7 Å². The molecule has 1 N–H and O–H groups in total. The quantitative estimate of drug-likeness (QED) is 0.511. The van der Waals surface area contributed by atoms with Crippen LogP contribution in [0.5, 0.6) is 0 Å². The molecule has 1 fully saturated rings. The van der Waals surface area contributed by atoms with Crippen LogP contribution in [0.15, 0.2) is 59.5 Å². The highest BCUT2D eigenvalue weighted by Gasteiger charge is 2.28. The largest absolute Gasteiger partial charge is 0.452 e. The number of alkyl halides is 2. The minimum absolute atomic E-state index is 0.0711. The fourth-order valence-electron chi connectivity index (χ4n) is 3.23. The van der Waals surface area contributed by atoms with Gasteiger partial charge in [-0.3, -0.25) is 9.59 Å². The van der Waals surface area contributed by atoms with E-state index in [0.717, 1.165) is 5.69 Å². The maximum atomic E-state index is 12.4. The summed E-state index contributed by atoms with van der Waals surface area (Å²) >= 11 is 0.384. The third-order valence-corrected chi connectivity index (χ3v) is 5.62. The van der Waals surface area contributed by atoms with Crippen LogP contribution in [0.25, 0.3) is 0 Å². The number of hydrogen-bond donors (Lipinski definition) is 1. The van der Waals surface area contributed by atoms with Crippen molar-refractivity contribution in [3.63, 3.8) is 0 Å². The highest BCUT2D eigenvalue weighted by atomic mass is 32.2. The summed E-state index contributed by atoms with van der Waals surface area (Å²) in [4.78, 5) is 38.7. The molecule has 0 atom stereocenters. The van der Waals surface area contributed by atoms with E-state index in [1.165, 1.54) is 24.3 Å². The Bertz CT molecular complexity index is 901. The van der Waals surface area contributed by atoms with Gasteiger partial charge in [0.15, 0.2) is 6.61 Å². The van der Waals surface area contributed by atoms with Crippen molar-refractivity contribution in [2.45, 2.75) is 23.5 Å². The molecule has 1 heterocycles. The lowest BCUT2D eigenvalue weighted by atomic mass is 9.95. The van der Waals surface area contributed by atoms with E-state index in [1.807, 2.05) is 30.3 Å². The monoisotopic (exact) mass is 448 g/mol. The average Bonchev–Trinajstić information content (AvgIpc) is 2.78. The Morgan fingerprint density at radius 2 is 1.68 bits per heavy atom. The first-order valence-corrected chi connectivity index (χ1v) is 10.7. The van der Waals surface area contributed by atoms with Gasteiger partial charge in [-0.15, -0.1) is 0 Å². The molecule has 1 aliphatic heterocycles. The number of carbonyl (C=O) groups excluding carboxylic acids is 3. The molecule has 9 heteroatoms. The molecule has 0 radical (unpaired) electrons. The van der Waals surface area contributed by atoms with Crippen molar-refractivity contribution in [3.05, 3.63) is 60.2 Å². The summed E-state index contributed by atoms with van der Waals surface area (Å²) in [6.45, 7) is 0.402. The molecule has 6 nitrogen and oxygen atoms in total. The molecule has 2 aromatic carbocycles. The van der Waals surface area contributed by atoms with Crippen molar-refractivity contribution >= 4 is 35.2 Å². The molecule has 3 rings (SSSR count). The minimum atomic E-state index is -2.54. The predicted molar refractivity (Wildman–Crippen MR) is 113 cm³/mol. The van der Waals surface area contributed by atoms with Crippen molar-refractivity contribution in [1.29, 1.82) is 0 Å². The molecular weight excluding hydrogens is 426 g/mol. The number of esters is 1. The summed E-state index contributed by atoms with van der Waals surface area (Å²) in [7, 11) is 0. The molecule has 0 aromatic heterocycles. The smallest absolute Gasteiger partial charge is 0.338 e. The van der Waals surface area contributed by atoms with Gasteiger partial charge in [-0.1, -0.05) is 30.0 Å². The highest BCUT2D eigenvalue weighted by molar-refractivity contribution is 7.99. The molecule has 0 aliphatic carbocycles. The van der Waals surface area contributed by atoms with Gasteiger partial charge in [0.2, 0.25) is 5.91 Å². The molecule has 0 spiro atoms. The van der Waals surface area contributed by atoms with E-state index in [1.54, 1.807) is 4.90 Å². The summed E-state index contributed by atoms with van der Waals surface area (Å²) < 4.78 is 29.7. The lowest BCUT2D eigenvalue weighted by Gasteiger charge is -2.31. The molecule has 31 heavy (non-hydrogen) atoms. The summed E-state index contributed by atoms with van der Waals surface area (Å²) in [5.41, 5.74) is 0.918. The number of thioether (sulfide) groups is 1. The highest BCUT2D eigenvalue weighted by Crippen LogP contribution is 2.25. The van der Waals surface area contributed by atoms with Crippen LogP contribution in [0.2, 0.25) is 0 Å². The number of carbonyl (C=O) groups is 3. The molecule has 164 valence electrons. The van der Waals surface area contributed by atoms with Crippen LogP contribution < -0.4 is 5.32 Å². The lowest BCUT2D eigenvalue weighted by molar-refractivity contribution is -0.137. The van der Waals surface area contributed by atoms with Crippen LogP contribution in [0.4, 0.5) is 14.5 Å². The number of ether oxygens (including phenoxy) is 1. The zero-order valence-electron chi connectivity index (χ0n) is 16.6. The Morgan fingerprint density at radius 1 is 1.03 bits per heavy atom. The summed E-state index contributed by atoms with van der Waals surface area (Å²) in [5.74, 6) is -3.82. The molecule has 1 aliphatic rings. The number of benzene rings is 2. The van der Waals surface area contributed by atoms with Gasteiger partial charge in [0.1, 0.15) is 0 Å². The third kappa shape index (κ3) is 6.78. The molecular formula is C22H22F2N2O4S. The number of nitrogens with zero attached hydrogens (tertiary/aromatic N) is 1. The number of amides is 2. The van der Waals surface area contributed by atoms with Crippen LogP contribution in [-0.2, 0) is 14.3 Å². The maximum absolute atomic E-state index is 12.4. The van der Waals surface area contributed by atoms with Crippen molar-refractivity contribution in [2.24, 2.45) is 5.92 Å². The summed E-state index contributed by atoms with van der Waals surface area (Å²) in [5, 5.41) is 2.87. The van der Waals surface area contributed by atoms with Crippen molar-refractivity contribution in [3.8, 4) is 0 Å². The Morgan fingerprint density at radius 3 is 2.29 bits per heavy atom. The first-order chi connectivity index (χ1) is 14.9. The number of piperidine rings is 1. The molecule has 2 aromatic rings. The van der Waals surface area contributed by atoms with Crippen molar-refractivity contribution < 1.29 is 27.9 Å². The number of nitrogens with one attached hydrogen (secondary N) is 1. The van der Waals surface area contributed by atoms with E-state index in [4.69, 9.17) is 4.74 Å². The Kier molecular flexibility index (Phi) is 8.00. The van der Waals surface area contributed by atoms with Gasteiger partial charge in [0.05, 0.1) is 5.56 Å². The van der Waals surface area contributed by atoms with Crippen LogP contribution in [0, 0.1) is 5.92 Å². The van der Waals surface area contributed by atoms with Gasteiger partial charge in [-0.25, -0.2) is 4.79 Å². The normalized spacial score (nSPS) is 14.4. The van der Waals surface area contributed by atoms with Crippen molar-refractivity contribution in [1.82, 2.24) is 4.90 Å². The average molecular weight is 448 g/mol. The second kappa shape index (κ2) is 10.9. The zero-order valence-corrected chi connectivity index (χ0v) is 17.4. The third-order valence-electron chi connectivity index (χ3n) is 4.90. The minimum Gasteiger partial charge on any atom is -0.452 e. The van der Waals surface area contributed by atoms with Gasteiger partial charge in [-0.05, 0) is 49.2 Å². The number of para-hydroxylation sites is 1. The van der Waals surface area contributed by atoms with Gasteiger partial charge < -0.3 is 15.0 Å². The number of halogens is 2. The van der Waals surface area contributed by atoms with E-state index in [0.29, 0.717) is 42.6 Å². The molecule has 0 saturated carbocycles. The topological polar surface area (TPSA) is 75.7 Å². The van der Waals surface area contributed by atoms with Gasteiger partial charge >= 0.3 is 5.97 Å². The predicted octanol–water partition coefficient (Wildman–Crippen LogP) is 4.04. The fraction of sp³-hybridized carbons (Fsp3) is 0.318. The van der Waals surface area contributed by atoms with E-state index in [9.17, 15) is 23.2 Å². The Labute approximate surface area is 182 Å². The number of rotatable bonds is 7. The van der Waals surface area contributed by atoms with E-state index < -0.39 is 18.3 Å². The van der Waals surface area contributed by atoms with Crippen LogP contribution in [-0.4, -0.2) is 48.1 Å². The summed E-state index contributed by atoms with van der Waals surface area (Å²) in [6.07, 6.45) is 1.06. The van der Waals surface area contributed by atoms with E-state index >= 15 is 0 Å². The van der Waals surface area contributed by atoms with Crippen LogP contribution >= 0.6 is 11.8 Å². The first kappa shape index (κ1) is 22.7. The van der Waals surface area contributed by atoms with Gasteiger partial charge in [0, 0.05) is 29.6 Å². The zero-order chi connectivity index (χ0) is 22.2. The van der Waals surface area contributed by atoms with Crippen LogP contribution in [0.3, 0.4) is 0 Å². The maximum Gasteiger partial charge on any atom is 0.338 e. The van der Waals surface area contributed by atoms with E-state index in [2.05, 4.69) is 5.32 Å². The Balaban J connectivity index is 1.41. The number of likely N-dealkylation sites (tertiary alicyclic amines) is 1. The standard InChI is InChI=1S/C22H22F2N2O4S/c23-22(24)31-18-8-6-16(7-9-18)21(29)30-14-19(27)26-12-10-15(11-13-26)20(28)25-17-4-2-1-3-5-17/h1-9,15,22H,10-14H2,(H,25,28). The SMILES string of the molecule is O=C(OCC(=O)N1CCC(C(=O)Nc2ccccc2)CC1)c1ccc(SC(F)F)cc1. The molecule has 1 saturated heterocycles. The lowest BCUT2D eigenvalue weighted by Crippen LogP contribution is -2.43. The first-order valence-electron chi connectivity index (χ1n) is 9.78. The number of hydrogen-bond acceptors (Lipinski definition) is 5. The van der Waals surface area contributed by atoms with Crippen molar-refractivity contribution in [2.75, 3.05) is 25.0 Å². The van der Waals surface area contributed by atoms with E-state index in [-0.39, 0.29) is 23.3 Å². The fourth-order valence-corrected chi connectivity index (χ4v) is 3.73. The second-order valence-corrected chi connectivity index (χ2v) is 8.05. The van der Waals surface area contributed by atoms with Gasteiger partial charge in [-0.2, -0.15) is 8.78 Å².